The van der Waals surface area contributed by atoms with Gasteiger partial charge in [-0.15, -0.1) is 0 Å². The lowest BCUT2D eigenvalue weighted by atomic mass is 9.87. The highest BCUT2D eigenvalue weighted by Crippen LogP contribution is 2.42. The van der Waals surface area contributed by atoms with E-state index in [0.717, 1.165) is 33.7 Å². The van der Waals surface area contributed by atoms with E-state index in [-0.39, 0.29) is 0 Å². The number of hydrogen-bond donors (Lipinski definition) is 0. The molecule has 0 saturated carbocycles. The molecule has 6 aromatic carbocycles. The Morgan fingerprint density at radius 1 is 0.441 bits per heavy atom. The Morgan fingerprint density at radius 3 is 1.53 bits per heavy atom. The normalized spacial score (nSPS) is 11.1. The van der Waals surface area contributed by atoms with Gasteiger partial charge in [0.25, 0.3) is 0 Å². The van der Waals surface area contributed by atoms with Crippen molar-refractivity contribution in [2.24, 2.45) is 0 Å². The fraction of sp³-hybridized carbons (Fsp3) is 0. The Balaban J connectivity index is 1.58. The van der Waals surface area contributed by atoms with Crippen LogP contribution in [0.1, 0.15) is 0 Å². The van der Waals surface area contributed by atoms with E-state index in [9.17, 15) is 0 Å². The summed E-state index contributed by atoms with van der Waals surface area (Å²) in [6.45, 7) is 0. The van der Waals surface area contributed by atoms with E-state index in [1.54, 1.807) is 0 Å². The molecule has 0 bridgehead atoms. The summed E-state index contributed by atoms with van der Waals surface area (Å²) < 4.78 is 0. The van der Waals surface area contributed by atoms with Crippen LogP contribution in [0.3, 0.4) is 0 Å². The molecule has 0 aromatic heterocycles. The monoisotopic (exact) mass is 431 g/mol. The van der Waals surface area contributed by atoms with Gasteiger partial charge in [0.2, 0.25) is 0 Å². The molecule has 0 aliphatic carbocycles. The quantitative estimate of drug-likeness (QED) is 0.256. The minimum Gasteiger partial charge on any atom is -0.309 e. The van der Waals surface area contributed by atoms with Gasteiger partial charge >= 0.3 is 0 Å². The fourth-order valence-corrected chi connectivity index (χ4v) is 4.76. The first-order chi connectivity index (χ1) is 16.8. The minimum absolute atomic E-state index is 0.787. The van der Waals surface area contributed by atoms with Crippen molar-refractivity contribution >= 4 is 51.9 Å². The lowest BCUT2D eigenvalue weighted by molar-refractivity contribution is 1.31. The van der Waals surface area contributed by atoms with Crippen LogP contribution in [-0.4, -0.2) is 7.85 Å². The summed E-state index contributed by atoms with van der Waals surface area (Å²) >= 11 is 0. The highest BCUT2D eigenvalue weighted by atomic mass is 15.1. The van der Waals surface area contributed by atoms with E-state index < -0.39 is 0 Å². The van der Waals surface area contributed by atoms with Crippen molar-refractivity contribution in [1.82, 2.24) is 0 Å². The SMILES string of the molecule is [B]c1ccccc1-c1ccc(N(c2cccc3ccccc23)c2cccc3ccccc23)cc1. The van der Waals surface area contributed by atoms with Crippen molar-refractivity contribution in [2.45, 2.75) is 0 Å². The Morgan fingerprint density at radius 2 is 0.941 bits per heavy atom. The molecule has 2 heteroatoms. The molecule has 0 fully saturated rings. The van der Waals surface area contributed by atoms with Crippen LogP contribution < -0.4 is 10.4 Å². The minimum atomic E-state index is 0.787. The Bertz CT molecular complexity index is 1530. The van der Waals surface area contributed by atoms with Crippen molar-refractivity contribution in [3.05, 3.63) is 133 Å². The zero-order chi connectivity index (χ0) is 22.9. The summed E-state index contributed by atoms with van der Waals surface area (Å²) in [6, 6.07) is 46.8. The second-order valence-corrected chi connectivity index (χ2v) is 8.47. The van der Waals surface area contributed by atoms with Gasteiger partial charge in [-0.3, -0.25) is 0 Å². The molecule has 0 spiro atoms. The molecular formula is C32H22BN. The molecule has 1 nitrogen and oxygen atoms in total. The van der Waals surface area contributed by atoms with Crippen LogP contribution in [-0.2, 0) is 0 Å². The zero-order valence-electron chi connectivity index (χ0n) is 18.7. The van der Waals surface area contributed by atoms with Crippen LogP contribution in [0, 0.1) is 0 Å². The first-order valence-electron chi connectivity index (χ1n) is 11.5. The number of rotatable bonds is 4. The predicted octanol–water partition coefficient (Wildman–Crippen LogP) is 7.92. The van der Waals surface area contributed by atoms with Gasteiger partial charge in [0.15, 0.2) is 0 Å². The van der Waals surface area contributed by atoms with E-state index in [1.165, 1.54) is 21.5 Å². The fourth-order valence-electron chi connectivity index (χ4n) is 4.76. The van der Waals surface area contributed by atoms with Crippen LogP contribution in [0.4, 0.5) is 17.1 Å². The third-order valence-electron chi connectivity index (χ3n) is 6.41. The summed E-state index contributed by atoms with van der Waals surface area (Å²) in [4.78, 5) is 2.36. The molecule has 0 saturated heterocycles. The van der Waals surface area contributed by atoms with E-state index in [4.69, 9.17) is 7.85 Å². The topological polar surface area (TPSA) is 3.24 Å². The predicted molar refractivity (Wildman–Crippen MR) is 147 cm³/mol. The zero-order valence-corrected chi connectivity index (χ0v) is 18.7. The lowest BCUT2D eigenvalue weighted by Crippen LogP contribution is -2.11. The standard InChI is InChI=1S/C32H22BN/c33-30-16-6-5-13-27(30)25-19-21-26(22-20-25)34(31-17-7-11-23-9-1-3-14-28(23)31)32-18-8-12-24-10-2-4-15-29(24)32/h1-22H. The molecule has 0 atom stereocenters. The van der Waals surface area contributed by atoms with E-state index >= 15 is 0 Å². The summed E-state index contributed by atoms with van der Waals surface area (Å²) in [5.41, 5.74) is 6.36. The Hall–Kier alpha value is -4.30. The summed E-state index contributed by atoms with van der Waals surface area (Å²) in [5, 5.41) is 4.88. The molecular weight excluding hydrogens is 409 g/mol. The van der Waals surface area contributed by atoms with E-state index in [1.807, 2.05) is 18.2 Å². The Kier molecular flexibility index (Phi) is 5.12. The Labute approximate surface area is 201 Å². The largest absolute Gasteiger partial charge is 0.309 e. The van der Waals surface area contributed by atoms with Crippen molar-refractivity contribution in [3.8, 4) is 11.1 Å². The summed E-state index contributed by atoms with van der Waals surface area (Å²) in [6.07, 6.45) is 0. The van der Waals surface area contributed by atoms with Gasteiger partial charge in [0, 0.05) is 16.5 Å². The molecule has 0 unspecified atom stereocenters. The second kappa shape index (κ2) is 8.57. The summed E-state index contributed by atoms with van der Waals surface area (Å²) in [7, 11) is 6.25. The highest BCUT2D eigenvalue weighted by molar-refractivity contribution is 6.35. The van der Waals surface area contributed by atoms with Crippen molar-refractivity contribution in [3.63, 3.8) is 0 Å². The lowest BCUT2D eigenvalue weighted by Gasteiger charge is -2.28. The van der Waals surface area contributed by atoms with Crippen molar-refractivity contribution in [2.75, 3.05) is 4.90 Å². The van der Waals surface area contributed by atoms with Crippen LogP contribution in [0.15, 0.2) is 133 Å². The molecule has 6 rings (SSSR count). The maximum atomic E-state index is 6.25. The highest BCUT2D eigenvalue weighted by Gasteiger charge is 2.17. The molecule has 0 heterocycles. The van der Waals surface area contributed by atoms with Gasteiger partial charge < -0.3 is 4.90 Å². The van der Waals surface area contributed by atoms with Crippen molar-refractivity contribution < 1.29 is 0 Å². The molecule has 6 aromatic rings. The molecule has 2 radical (unpaired) electrons. The van der Waals surface area contributed by atoms with Gasteiger partial charge in [-0.1, -0.05) is 115 Å². The van der Waals surface area contributed by atoms with E-state index in [2.05, 4.69) is 120 Å². The number of nitrogens with zero attached hydrogens (tertiary/aromatic N) is 1. The van der Waals surface area contributed by atoms with Crippen LogP contribution in [0.5, 0.6) is 0 Å². The molecule has 158 valence electrons. The van der Waals surface area contributed by atoms with Gasteiger partial charge in [-0.05, 0) is 46.2 Å². The van der Waals surface area contributed by atoms with Crippen LogP contribution in [0.2, 0.25) is 0 Å². The molecule has 34 heavy (non-hydrogen) atoms. The van der Waals surface area contributed by atoms with Gasteiger partial charge in [-0.25, -0.2) is 0 Å². The number of fused-ring (bicyclic) bond motifs is 2. The van der Waals surface area contributed by atoms with E-state index in [0.29, 0.717) is 0 Å². The van der Waals surface area contributed by atoms with Gasteiger partial charge in [0.05, 0.1) is 11.4 Å². The van der Waals surface area contributed by atoms with Gasteiger partial charge in [0.1, 0.15) is 7.85 Å². The molecule has 0 N–H and O–H groups in total. The van der Waals surface area contributed by atoms with Gasteiger partial charge in [-0.2, -0.15) is 0 Å². The molecule has 0 aliphatic heterocycles. The number of anilines is 3. The van der Waals surface area contributed by atoms with Crippen molar-refractivity contribution in [1.29, 1.82) is 0 Å². The third-order valence-corrected chi connectivity index (χ3v) is 6.41. The maximum Gasteiger partial charge on any atom is 0.114 e. The second-order valence-electron chi connectivity index (χ2n) is 8.47. The molecule has 0 amide bonds. The van der Waals surface area contributed by atoms with Crippen LogP contribution >= 0.6 is 0 Å². The summed E-state index contributed by atoms with van der Waals surface area (Å²) in [5.74, 6) is 0. The molecule has 0 aliphatic rings. The smallest absolute Gasteiger partial charge is 0.114 e. The average Bonchev–Trinajstić information content (AvgIpc) is 2.90. The third kappa shape index (κ3) is 3.54. The first-order valence-corrected chi connectivity index (χ1v) is 11.5. The first kappa shape index (κ1) is 20.3. The maximum absolute atomic E-state index is 6.25. The average molecular weight is 431 g/mol. The van der Waals surface area contributed by atoms with Crippen LogP contribution in [0.25, 0.3) is 32.7 Å². The number of hydrogen-bond acceptors (Lipinski definition) is 1. The number of benzene rings is 6.